The van der Waals surface area contributed by atoms with E-state index in [0.717, 1.165) is 0 Å². The molecule has 2 aliphatic rings. The SMILES string of the molecule is CCCC1=CC2C=C(C)C=CC2N1. The fourth-order valence-corrected chi connectivity index (χ4v) is 2.06. The van der Waals surface area contributed by atoms with Crippen LogP contribution < -0.4 is 5.32 Å². The molecule has 0 amide bonds. The lowest BCUT2D eigenvalue weighted by atomic mass is 9.94. The van der Waals surface area contributed by atoms with Crippen molar-refractivity contribution in [3.63, 3.8) is 0 Å². The normalized spacial score (nSPS) is 30.6. The Labute approximate surface area is 80.2 Å². The van der Waals surface area contributed by atoms with Gasteiger partial charge in [-0.25, -0.2) is 0 Å². The van der Waals surface area contributed by atoms with E-state index in [-0.39, 0.29) is 0 Å². The lowest BCUT2D eigenvalue weighted by molar-refractivity contribution is 0.622. The molecular formula is C12H17N. The van der Waals surface area contributed by atoms with Gasteiger partial charge < -0.3 is 5.32 Å². The quantitative estimate of drug-likeness (QED) is 0.680. The molecule has 0 saturated heterocycles. The fourth-order valence-electron chi connectivity index (χ4n) is 2.06. The van der Waals surface area contributed by atoms with E-state index in [1.807, 2.05) is 0 Å². The summed E-state index contributed by atoms with van der Waals surface area (Å²) in [7, 11) is 0. The number of hydrogen-bond acceptors (Lipinski definition) is 1. The van der Waals surface area contributed by atoms with Gasteiger partial charge in [0.15, 0.2) is 0 Å². The minimum Gasteiger partial charge on any atom is -0.381 e. The highest BCUT2D eigenvalue weighted by Gasteiger charge is 2.24. The molecule has 0 spiro atoms. The monoisotopic (exact) mass is 175 g/mol. The van der Waals surface area contributed by atoms with Crippen molar-refractivity contribution >= 4 is 0 Å². The Hall–Kier alpha value is -0.980. The van der Waals surface area contributed by atoms with Crippen molar-refractivity contribution < 1.29 is 0 Å². The van der Waals surface area contributed by atoms with Crippen molar-refractivity contribution in [1.82, 2.24) is 5.32 Å². The zero-order chi connectivity index (χ0) is 9.26. The van der Waals surface area contributed by atoms with E-state index in [1.54, 1.807) is 0 Å². The predicted octanol–water partition coefficient (Wildman–Crippen LogP) is 2.77. The fraction of sp³-hybridized carbons (Fsp3) is 0.500. The van der Waals surface area contributed by atoms with Gasteiger partial charge in [-0.2, -0.15) is 0 Å². The highest BCUT2D eigenvalue weighted by atomic mass is 15.0. The minimum atomic E-state index is 0.533. The molecule has 2 rings (SSSR count). The third kappa shape index (κ3) is 1.69. The van der Waals surface area contributed by atoms with E-state index in [0.29, 0.717) is 12.0 Å². The topological polar surface area (TPSA) is 12.0 Å². The first-order valence-corrected chi connectivity index (χ1v) is 5.13. The molecule has 1 aliphatic carbocycles. The van der Waals surface area contributed by atoms with E-state index in [1.165, 1.54) is 24.1 Å². The lowest BCUT2D eigenvalue weighted by Crippen LogP contribution is -2.26. The van der Waals surface area contributed by atoms with Gasteiger partial charge in [0.1, 0.15) is 0 Å². The first-order valence-electron chi connectivity index (χ1n) is 5.13. The van der Waals surface area contributed by atoms with Crippen LogP contribution in [0.1, 0.15) is 26.7 Å². The number of nitrogens with one attached hydrogen (secondary N) is 1. The molecule has 1 aliphatic heterocycles. The molecule has 2 unspecified atom stereocenters. The first kappa shape index (κ1) is 8.61. The van der Waals surface area contributed by atoms with Gasteiger partial charge in [0, 0.05) is 11.6 Å². The second-order valence-corrected chi connectivity index (χ2v) is 3.96. The second-order valence-electron chi connectivity index (χ2n) is 3.96. The molecule has 0 fully saturated rings. The van der Waals surface area contributed by atoms with Crippen LogP contribution in [0.5, 0.6) is 0 Å². The molecule has 1 heterocycles. The molecule has 0 saturated carbocycles. The van der Waals surface area contributed by atoms with Crippen molar-refractivity contribution in [3.8, 4) is 0 Å². The smallest absolute Gasteiger partial charge is 0.0542 e. The Morgan fingerprint density at radius 3 is 3.00 bits per heavy atom. The van der Waals surface area contributed by atoms with Gasteiger partial charge >= 0.3 is 0 Å². The Bertz CT molecular complexity index is 283. The van der Waals surface area contributed by atoms with Crippen LogP contribution in [0.3, 0.4) is 0 Å². The molecule has 1 N–H and O–H groups in total. The van der Waals surface area contributed by atoms with Gasteiger partial charge in [0.25, 0.3) is 0 Å². The molecule has 1 nitrogen and oxygen atoms in total. The van der Waals surface area contributed by atoms with Crippen LogP contribution in [0.2, 0.25) is 0 Å². The summed E-state index contributed by atoms with van der Waals surface area (Å²) in [5.74, 6) is 0.603. The van der Waals surface area contributed by atoms with Crippen LogP contribution in [-0.4, -0.2) is 6.04 Å². The molecule has 2 atom stereocenters. The second kappa shape index (κ2) is 3.41. The third-order valence-electron chi connectivity index (χ3n) is 2.70. The van der Waals surface area contributed by atoms with Crippen LogP contribution in [0.25, 0.3) is 0 Å². The predicted molar refractivity (Wildman–Crippen MR) is 56.3 cm³/mol. The van der Waals surface area contributed by atoms with Gasteiger partial charge in [-0.15, -0.1) is 0 Å². The van der Waals surface area contributed by atoms with Crippen molar-refractivity contribution in [2.24, 2.45) is 5.92 Å². The molecule has 1 heteroatoms. The van der Waals surface area contributed by atoms with Crippen LogP contribution in [-0.2, 0) is 0 Å². The Balaban J connectivity index is 2.10. The molecule has 0 aromatic rings. The highest BCUT2D eigenvalue weighted by Crippen LogP contribution is 2.26. The molecule has 0 bridgehead atoms. The van der Waals surface area contributed by atoms with Gasteiger partial charge in [0.2, 0.25) is 0 Å². The van der Waals surface area contributed by atoms with Crippen molar-refractivity contribution in [3.05, 3.63) is 35.6 Å². The maximum absolute atomic E-state index is 3.54. The number of hydrogen-bond donors (Lipinski definition) is 1. The maximum atomic E-state index is 3.54. The van der Waals surface area contributed by atoms with Gasteiger partial charge in [-0.1, -0.05) is 43.2 Å². The van der Waals surface area contributed by atoms with E-state index in [4.69, 9.17) is 0 Å². The van der Waals surface area contributed by atoms with Crippen molar-refractivity contribution in [2.75, 3.05) is 0 Å². The summed E-state index contributed by atoms with van der Waals surface area (Å²) in [6.07, 6.45) is 11.6. The van der Waals surface area contributed by atoms with Gasteiger partial charge in [0.05, 0.1) is 6.04 Å². The van der Waals surface area contributed by atoms with Gasteiger partial charge in [-0.3, -0.25) is 0 Å². The highest BCUT2D eigenvalue weighted by molar-refractivity contribution is 5.33. The van der Waals surface area contributed by atoms with E-state index in [9.17, 15) is 0 Å². The van der Waals surface area contributed by atoms with E-state index >= 15 is 0 Å². The average Bonchev–Trinajstić information content (AvgIpc) is 2.46. The summed E-state index contributed by atoms with van der Waals surface area (Å²) >= 11 is 0. The minimum absolute atomic E-state index is 0.533. The lowest BCUT2D eigenvalue weighted by Gasteiger charge is -2.17. The molecule has 0 aromatic carbocycles. The van der Waals surface area contributed by atoms with E-state index in [2.05, 4.69) is 43.5 Å². The summed E-state index contributed by atoms with van der Waals surface area (Å²) in [6.45, 7) is 4.39. The molecule has 0 radical (unpaired) electrons. The Kier molecular flexibility index (Phi) is 2.26. The van der Waals surface area contributed by atoms with Crippen molar-refractivity contribution in [1.29, 1.82) is 0 Å². The number of rotatable bonds is 2. The van der Waals surface area contributed by atoms with Crippen LogP contribution in [0.4, 0.5) is 0 Å². The summed E-state index contributed by atoms with van der Waals surface area (Å²) in [5.41, 5.74) is 2.81. The van der Waals surface area contributed by atoms with E-state index < -0.39 is 0 Å². The van der Waals surface area contributed by atoms with Gasteiger partial charge in [-0.05, 0) is 13.3 Å². The summed E-state index contributed by atoms with van der Waals surface area (Å²) in [6, 6.07) is 0.533. The zero-order valence-corrected chi connectivity index (χ0v) is 8.38. The van der Waals surface area contributed by atoms with Crippen LogP contribution in [0.15, 0.2) is 35.6 Å². The molecule has 0 aromatic heterocycles. The zero-order valence-electron chi connectivity index (χ0n) is 8.38. The summed E-state index contributed by atoms with van der Waals surface area (Å²) in [5, 5.41) is 3.54. The van der Waals surface area contributed by atoms with Crippen molar-refractivity contribution in [2.45, 2.75) is 32.7 Å². The summed E-state index contributed by atoms with van der Waals surface area (Å²) < 4.78 is 0. The number of fused-ring (bicyclic) bond motifs is 1. The standard InChI is InChI=1S/C12H17N/c1-3-4-11-8-10-7-9(2)5-6-12(10)13-11/h5-8,10,12-13H,3-4H2,1-2H3. The third-order valence-corrected chi connectivity index (χ3v) is 2.70. The average molecular weight is 175 g/mol. The Morgan fingerprint density at radius 1 is 1.38 bits per heavy atom. The molecule has 70 valence electrons. The van der Waals surface area contributed by atoms with Crippen LogP contribution in [0, 0.1) is 5.92 Å². The van der Waals surface area contributed by atoms with Crippen LogP contribution >= 0.6 is 0 Å². The first-order chi connectivity index (χ1) is 6.29. The summed E-state index contributed by atoms with van der Waals surface area (Å²) in [4.78, 5) is 0. The molecule has 13 heavy (non-hydrogen) atoms. The maximum Gasteiger partial charge on any atom is 0.0542 e. The largest absolute Gasteiger partial charge is 0.381 e. The number of allylic oxidation sites excluding steroid dienone is 3. The Morgan fingerprint density at radius 2 is 2.23 bits per heavy atom. The molecular weight excluding hydrogens is 158 g/mol.